The molecule has 5 aromatic rings. The van der Waals surface area contributed by atoms with Crippen LogP contribution in [-0.4, -0.2) is 25.8 Å². The van der Waals surface area contributed by atoms with E-state index in [1.165, 1.54) is 16.3 Å². The normalized spacial score (nSPS) is 12.0. The van der Waals surface area contributed by atoms with E-state index in [1.807, 2.05) is 43.5 Å². The van der Waals surface area contributed by atoms with Crippen LogP contribution in [-0.2, 0) is 17.8 Å². The fourth-order valence-corrected chi connectivity index (χ4v) is 4.61. The standard InChI is InChI=1S/C26H21N3O3S/c1-2-24-27-28-26(32-24)33-23(25(30)31)14-19-16-29(22-13-6-5-12-21(19)22)15-18-10-7-9-17-8-3-4-11-20(17)18/h3-14,16H,2,15H2,1H3,(H,30,31)/b23-14-. The first-order valence-corrected chi connectivity index (χ1v) is 11.4. The number of carboxylic acids is 1. The summed E-state index contributed by atoms with van der Waals surface area (Å²) in [6, 6.07) is 22.6. The molecule has 0 radical (unpaired) electrons. The van der Waals surface area contributed by atoms with Gasteiger partial charge in [0.05, 0.1) is 0 Å². The summed E-state index contributed by atoms with van der Waals surface area (Å²) in [6.45, 7) is 2.58. The topological polar surface area (TPSA) is 81.2 Å². The minimum absolute atomic E-state index is 0.120. The van der Waals surface area contributed by atoms with Crippen LogP contribution in [0.5, 0.6) is 0 Å². The molecule has 0 amide bonds. The summed E-state index contributed by atoms with van der Waals surface area (Å²) in [5.74, 6) is -0.559. The van der Waals surface area contributed by atoms with Gasteiger partial charge in [-0.3, -0.25) is 0 Å². The molecule has 0 spiro atoms. The van der Waals surface area contributed by atoms with E-state index in [1.54, 1.807) is 6.08 Å². The first-order valence-electron chi connectivity index (χ1n) is 10.6. The molecule has 7 heteroatoms. The van der Waals surface area contributed by atoms with Crippen LogP contribution in [0, 0.1) is 0 Å². The summed E-state index contributed by atoms with van der Waals surface area (Å²) in [4.78, 5) is 12.1. The molecule has 0 saturated carbocycles. The molecule has 2 aromatic heterocycles. The van der Waals surface area contributed by atoms with Gasteiger partial charge in [-0.05, 0) is 40.2 Å². The molecule has 0 bridgehead atoms. The van der Waals surface area contributed by atoms with E-state index in [9.17, 15) is 9.90 Å². The van der Waals surface area contributed by atoms with E-state index in [0.29, 0.717) is 18.9 Å². The van der Waals surface area contributed by atoms with Crippen LogP contribution < -0.4 is 0 Å². The summed E-state index contributed by atoms with van der Waals surface area (Å²) in [6.07, 6.45) is 4.27. The summed E-state index contributed by atoms with van der Waals surface area (Å²) < 4.78 is 7.66. The zero-order valence-electron chi connectivity index (χ0n) is 17.9. The van der Waals surface area contributed by atoms with E-state index >= 15 is 0 Å². The van der Waals surface area contributed by atoms with E-state index in [-0.39, 0.29) is 10.1 Å². The number of carbonyl (C=O) groups is 1. The van der Waals surface area contributed by atoms with Crippen molar-refractivity contribution in [3.05, 3.63) is 94.8 Å². The molecule has 3 aromatic carbocycles. The van der Waals surface area contributed by atoms with Gasteiger partial charge in [-0.1, -0.05) is 67.6 Å². The Hall–Kier alpha value is -3.84. The SMILES string of the molecule is CCc1nnc(S/C(=C\c2cn(Cc3cccc4ccccc34)c3ccccc23)C(=O)O)o1. The fourth-order valence-electron chi connectivity index (χ4n) is 3.93. The van der Waals surface area contributed by atoms with Gasteiger partial charge in [0.15, 0.2) is 0 Å². The minimum atomic E-state index is -1.04. The molecule has 6 nitrogen and oxygen atoms in total. The van der Waals surface area contributed by atoms with Crippen molar-refractivity contribution in [2.75, 3.05) is 0 Å². The molecule has 0 saturated heterocycles. The second kappa shape index (κ2) is 8.96. The molecule has 0 aliphatic rings. The van der Waals surface area contributed by atoms with Crippen LogP contribution >= 0.6 is 11.8 Å². The maximum Gasteiger partial charge on any atom is 0.342 e. The number of para-hydroxylation sites is 1. The van der Waals surface area contributed by atoms with Gasteiger partial charge >= 0.3 is 5.97 Å². The number of rotatable bonds is 7. The number of aromatic nitrogens is 3. The maximum atomic E-state index is 12.0. The van der Waals surface area contributed by atoms with Gasteiger partial charge in [0, 0.05) is 35.6 Å². The molecule has 0 atom stereocenters. The van der Waals surface area contributed by atoms with Crippen LogP contribution in [0.1, 0.15) is 23.9 Å². The van der Waals surface area contributed by atoms with Crippen LogP contribution in [0.25, 0.3) is 27.8 Å². The van der Waals surface area contributed by atoms with Crippen molar-refractivity contribution in [2.45, 2.75) is 25.1 Å². The summed E-state index contributed by atoms with van der Waals surface area (Å²) >= 11 is 0.964. The number of thioether (sulfide) groups is 1. The highest BCUT2D eigenvalue weighted by Gasteiger charge is 2.17. The zero-order valence-corrected chi connectivity index (χ0v) is 18.7. The van der Waals surface area contributed by atoms with Crippen molar-refractivity contribution >= 4 is 45.5 Å². The Morgan fingerprint density at radius 3 is 2.58 bits per heavy atom. The molecule has 0 aliphatic carbocycles. The second-order valence-corrected chi connectivity index (χ2v) is 8.59. The maximum absolute atomic E-state index is 12.0. The van der Waals surface area contributed by atoms with Gasteiger partial charge in [0.1, 0.15) is 4.91 Å². The Balaban J connectivity index is 1.55. The molecular formula is C26H21N3O3S. The summed E-state index contributed by atoms with van der Waals surface area (Å²) in [7, 11) is 0. The number of nitrogens with zero attached hydrogens (tertiary/aromatic N) is 3. The predicted octanol–water partition coefficient (Wildman–Crippen LogP) is 6.01. The van der Waals surface area contributed by atoms with Crippen LogP contribution in [0.15, 0.2) is 87.5 Å². The van der Waals surface area contributed by atoms with Gasteiger partial charge < -0.3 is 14.1 Å². The Morgan fingerprint density at radius 2 is 1.79 bits per heavy atom. The molecule has 0 fully saturated rings. The highest BCUT2D eigenvalue weighted by molar-refractivity contribution is 8.03. The van der Waals surface area contributed by atoms with Crippen molar-refractivity contribution in [1.29, 1.82) is 0 Å². The Bertz CT molecular complexity index is 1490. The van der Waals surface area contributed by atoms with Gasteiger partial charge in [-0.2, -0.15) is 0 Å². The van der Waals surface area contributed by atoms with Crippen molar-refractivity contribution < 1.29 is 14.3 Å². The van der Waals surface area contributed by atoms with Crippen molar-refractivity contribution in [2.24, 2.45) is 0 Å². The zero-order chi connectivity index (χ0) is 22.8. The molecular weight excluding hydrogens is 434 g/mol. The Morgan fingerprint density at radius 1 is 1.03 bits per heavy atom. The first kappa shape index (κ1) is 21.0. The molecule has 2 heterocycles. The number of aliphatic carboxylic acids is 1. The van der Waals surface area contributed by atoms with E-state index in [4.69, 9.17) is 4.42 Å². The van der Waals surface area contributed by atoms with Gasteiger partial charge in [0.2, 0.25) is 5.89 Å². The van der Waals surface area contributed by atoms with Crippen molar-refractivity contribution in [3.8, 4) is 0 Å². The summed E-state index contributed by atoms with van der Waals surface area (Å²) in [5.41, 5.74) is 3.07. The van der Waals surface area contributed by atoms with Gasteiger partial charge in [-0.15, -0.1) is 10.2 Å². The molecule has 5 rings (SSSR count). The lowest BCUT2D eigenvalue weighted by Crippen LogP contribution is -1.99. The monoisotopic (exact) mass is 455 g/mol. The number of aryl methyl sites for hydroxylation is 1. The third kappa shape index (κ3) is 4.27. The molecule has 0 aliphatic heterocycles. The third-order valence-electron chi connectivity index (χ3n) is 5.49. The number of hydrogen-bond donors (Lipinski definition) is 1. The number of hydrogen-bond acceptors (Lipinski definition) is 5. The van der Waals surface area contributed by atoms with E-state index in [0.717, 1.165) is 28.2 Å². The molecule has 33 heavy (non-hydrogen) atoms. The Labute approximate surface area is 194 Å². The predicted molar refractivity (Wildman–Crippen MR) is 130 cm³/mol. The van der Waals surface area contributed by atoms with E-state index < -0.39 is 5.97 Å². The molecule has 1 N–H and O–H groups in total. The Kier molecular flexibility index (Phi) is 5.71. The first-order chi connectivity index (χ1) is 16.1. The van der Waals surface area contributed by atoms with Gasteiger partial charge in [0.25, 0.3) is 5.22 Å². The number of fused-ring (bicyclic) bond motifs is 2. The molecule has 164 valence electrons. The minimum Gasteiger partial charge on any atom is -0.477 e. The largest absolute Gasteiger partial charge is 0.477 e. The van der Waals surface area contributed by atoms with Gasteiger partial charge in [-0.25, -0.2) is 4.79 Å². The van der Waals surface area contributed by atoms with Crippen molar-refractivity contribution in [1.82, 2.24) is 14.8 Å². The average molecular weight is 456 g/mol. The fraction of sp³-hybridized carbons (Fsp3) is 0.115. The smallest absolute Gasteiger partial charge is 0.342 e. The highest BCUT2D eigenvalue weighted by atomic mass is 32.2. The lowest BCUT2D eigenvalue weighted by Gasteiger charge is -2.09. The number of benzene rings is 3. The second-order valence-electron chi connectivity index (χ2n) is 7.60. The highest BCUT2D eigenvalue weighted by Crippen LogP contribution is 2.31. The quantitative estimate of drug-likeness (QED) is 0.239. The number of carboxylic acid groups (broad SMARTS) is 1. The van der Waals surface area contributed by atoms with Crippen LogP contribution in [0.3, 0.4) is 0 Å². The van der Waals surface area contributed by atoms with Crippen LogP contribution in [0.4, 0.5) is 0 Å². The average Bonchev–Trinajstić information content (AvgIpc) is 3.43. The van der Waals surface area contributed by atoms with Crippen LogP contribution in [0.2, 0.25) is 0 Å². The van der Waals surface area contributed by atoms with E-state index in [2.05, 4.69) is 51.2 Å². The molecule has 0 unspecified atom stereocenters. The lowest BCUT2D eigenvalue weighted by molar-refractivity contribution is -0.131. The summed E-state index contributed by atoms with van der Waals surface area (Å²) in [5, 5.41) is 21.3. The lowest BCUT2D eigenvalue weighted by atomic mass is 10.0. The van der Waals surface area contributed by atoms with Crippen molar-refractivity contribution in [3.63, 3.8) is 0 Å². The third-order valence-corrected chi connectivity index (χ3v) is 6.34.